The summed E-state index contributed by atoms with van der Waals surface area (Å²) >= 11 is 4.42. The fourth-order valence-electron chi connectivity index (χ4n) is 2.66. The topological polar surface area (TPSA) is 39.4 Å². The molecule has 0 bridgehead atoms. The Morgan fingerprint density at radius 3 is 2.80 bits per heavy atom. The van der Waals surface area contributed by atoms with Crippen molar-refractivity contribution in [1.29, 1.82) is 0 Å². The molecule has 1 aromatic heterocycles. The first-order valence-corrected chi connectivity index (χ1v) is 7.53. The van der Waals surface area contributed by atoms with Gasteiger partial charge >= 0.3 is 5.63 Å². The standard InChI is InChI=1S/C16H18O3S/c1-11-7-15(17)19-14-8-12(3-4-13(11)14)18-9-16(10-20)5-2-6-16/h3-4,7-8,20H,2,5-6,9-10H2,1H3. The van der Waals surface area contributed by atoms with Crippen LogP contribution >= 0.6 is 12.6 Å². The average molecular weight is 290 g/mol. The Bertz CT molecular complexity index is 680. The molecule has 1 aliphatic carbocycles. The van der Waals surface area contributed by atoms with Crippen LogP contribution in [0, 0.1) is 12.3 Å². The van der Waals surface area contributed by atoms with Crippen LogP contribution < -0.4 is 10.4 Å². The molecule has 4 heteroatoms. The molecule has 0 amide bonds. The van der Waals surface area contributed by atoms with Crippen molar-refractivity contribution in [1.82, 2.24) is 0 Å². The SMILES string of the molecule is Cc1cc(=O)oc2cc(OCC3(CS)CCC3)ccc12. The first-order chi connectivity index (χ1) is 9.62. The predicted octanol–water partition coefficient (Wildman–Crippen LogP) is 3.58. The Morgan fingerprint density at radius 1 is 1.35 bits per heavy atom. The number of thiol groups is 1. The second-order valence-corrected chi connectivity index (χ2v) is 6.02. The quantitative estimate of drug-likeness (QED) is 0.691. The molecule has 20 heavy (non-hydrogen) atoms. The summed E-state index contributed by atoms with van der Waals surface area (Å²) in [5.41, 5.74) is 1.42. The summed E-state index contributed by atoms with van der Waals surface area (Å²) < 4.78 is 11.1. The zero-order valence-corrected chi connectivity index (χ0v) is 12.4. The van der Waals surface area contributed by atoms with Gasteiger partial charge in [0.1, 0.15) is 11.3 Å². The van der Waals surface area contributed by atoms with E-state index in [1.807, 2.05) is 19.1 Å². The van der Waals surface area contributed by atoms with Gasteiger partial charge in [0.05, 0.1) is 6.61 Å². The van der Waals surface area contributed by atoms with Crippen LogP contribution in [0.4, 0.5) is 0 Å². The number of hydrogen-bond acceptors (Lipinski definition) is 4. The lowest BCUT2D eigenvalue weighted by atomic mass is 9.71. The fraction of sp³-hybridized carbons (Fsp3) is 0.438. The second kappa shape index (κ2) is 5.17. The second-order valence-electron chi connectivity index (χ2n) is 5.71. The number of rotatable bonds is 4. The summed E-state index contributed by atoms with van der Waals surface area (Å²) in [6, 6.07) is 7.18. The molecule has 0 saturated heterocycles. The summed E-state index contributed by atoms with van der Waals surface area (Å²) in [5, 5.41) is 0.949. The van der Waals surface area contributed by atoms with Gasteiger partial charge in [-0.2, -0.15) is 12.6 Å². The predicted molar refractivity (Wildman–Crippen MR) is 82.9 cm³/mol. The van der Waals surface area contributed by atoms with E-state index in [1.165, 1.54) is 25.3 Å². The number of benzene rings is 1. The smallest absolute Gasteiger partial charge is 0.336 e. The van der Waals surface area contributed by atoms with Crippen molar-refractivity contribution in [2.45, 2.75) is 26.2 Å². The summed E-state index contributed by atoms with van der Waals surface area (Å²) in [4.78, 5) is 11.4. The van der Waals surface area contributed by atoms with Crippen molar-refractivity contribution in [2.75, 3.05) is 12.4 Å². The van der Waals surface area contributed by atoms with E-state index in [2.05, 4.69) is 12.6 Å². The van der Waals surface area contributed by atoms with Gasteiger partial charge in [-0.05, 0) is 43.2 Å². The van der Waals surface area contributed by atoms with Crippen molar-refractivity contribution < 1.29 is 9.15 Å². The Morgan fingerprint density at radius 2 is 2.15 bits per heavy atom. The van der Waals surface area contributed by atoms with E-state index in [4.69, 9.17) is 9.15 Å². The molecule has 3 rings (SSSR count). The van der Waals surface area contributed by atoms with Crippen LogP contribution in [0.5, 0.6) is 5.75 Å². The van der Waals surface area contributed by atoms with Crippen LogP contribution in [0.25, 0.3) is 11.0 Å². The molecular weight excluding hydrogens is 272 g/mol. The normalized spacial score (nSPS) is 16.9. The third-order valence-corrected chi connectivity index (χ3v) is 4.89. The molecule has 2 aromatic rings. The van der Waals surface area contributed by atoms with E-state index in [0.717, 1.165) is 22.5 Å². The summed E-state index contributed by atoms with van der Waals surface area (Å²) in [7, 11) is 0. The highest BCUT2D eigenvalue weighted by atomic mass is 32.1. The van der Waals surface area contributed by atoms with Gasteiger partial charge in [0.25, 0.3) is 0 Å². The molecule has 1 heterocycles. The molecule has 1 fully saturated rings. The maximum absolute atomic E-state index is 11.4. The van der Waals surface area contributed by atoms with Crippen LogP contribution in [-0.2, 0) is 0 Å². The van der Waals surface area contributed by atoms with Crippen molar-refractivity contribution in [3.63, 3.8) is 0 Å². The molecule has 106 valence electrons. The maximum atomic E-state index is 11.4. The molecule has 0 aliphatic heterocycles. The highest BCUT2D eigenvalue weighted by Gasteiger charge is 2.36. The minimum absolute atomic E-state index is 0.228. The lowest BCUT2D eigenvalue weighted by Crippen LogP contribution is -2.37. The largest absolute Gasteiger partial charge is 0.493 e. The zero-order chi connectivity index (χ0) is 14.2. The highest BCUT2D eigenvalue weighted by molar-refractivity contribution is 7.80. The molecule has 3 nitrogen and oxygen atoms in total. The van der Waals surface area contributed by atoms with Crippen LogP contribution in [-0.4, -0.2) is 12.4 Å². The Kier molecular flexibility index (Phi) is 3.50. The van der Waals surface area contributed by atoms with E-state index in [0.29, 0.717) is 12.2 Å². The van der Waals surface area contributed by atoms with Gasteiger partial charge in [-0.15, -0.1) is 0 Å². The molecule has 0 N–H and O–H groups in total. The van der Waals surface area contributed by atoms with Crippen molar-refractivity contribution >= 4 is 23.6 Å². The van der Waals surface area contributed by atoms with Crippen LogP contribution in [0.2, 0.25) is 0 Å². The Balaban J connectivity index is 1.84. The maximum Gasteiger partial charge on any atom is 0.336 e. The molecule has 1 aromatic carbocycles. The van der Waals surface area contributed by atoms with Gasteiger partial charge in [-0.1, -0.05) is 6.42 Å². The number of aryl methyl sites for hydroxylation is 1. The Labute approximate surface area is 123 Å². The lowest BCUT2D eigenvalue weighted by Gasteiger charge is -2.40. The van der Waals surface area contributed by atoms with E-state index in [9.17, 15) is 4.79 Å². The molecular formula is C16H18O3S. The first-order valence-electron chi connectivity index (χ1n) is 6.90. The van der Waals surface area contributed by atoms with Gasteiger partial charge in [0.15, 0.2) is 0 Å². The van der Waals surface area contributed by atoms with E-state index in [1.54, 1.807) is 6.07 Å². The highest BCUT2D eigenvalue weighted by Crippen LogP contribution is 2.42. The van der Waals surface area contributed by atoms with Crippen LogP contribution in [0.3, 0.4) is 0 Å². The third-order valence-electron chi connectivity index (χ3n) is 4.22. The summed E-state index contributed by atoms with van der Waals surface area (Å²) in [5.74, 6) is 1.61. The minimum atomic E-state index is -0.321. The van der Waals surface area contributed by atoms with Crippen LogP contribution in [0.1, 0.15) is 24.8 Å². The lowest BCUT2D eigenvalue weighted by molar-refractivity contribution is 0.0830. The van der Waals surface area contributed by atoms with Gasteiger partial charge in [-0.25, -0.2) is 4.79 Å². The Hall–Kier alpha value is -1.42. The number of ether oxygens (including phenoxy) is 1. The van der Waals surface area contributed by atoms with Crippen LogP contribution in [0.15, 0.2) is 33.5 Å². The van der Waals surface area contributed by atoms with E-state index < -0.39 is 0 Å². The van der Waals surface area contributed by atoms with Crippen molar-refractivity contribution in [2.24, 2.45) is 5.41 Å². The molecule has 1 saturated carbocycles. The minimum Gasteiger partial charge on any atom is -0.493 e. The number of fused-ring (bicyclic) bond motifs is 1. The number of hydrogen-bond donors (Lipinski definition) is 1. The zero-order valence-electron chi connectivity index (χ0n) is 11.5. The van der Waals surface area contributed by atoms with Gasteiger partial charge < -0.3 is 9.15 Å². The van der Waals surface area contributed by atoms with Gasteiger partial charge in [-0.3, -0.25) is 0 Å². The van der Waals surface area contributed by atoms with E-state index >= 15 is 0 Å². The summed E-state index contributed by atoms with van der Waals surface area (Å²) in [6.07, 6.45) is 3.62. The molecule has 0 atom stereocenters. The fourth-order valence-corrected chi connectivity index (χ4v) is 3.06. The molecule has 0 unspecified atom stereocenters. The van der Waals surface area contributed by atoms with Crippen molar-refractivity contribution in [3.8, 4) is 5.75 Å². The summed E-state index contributed by atoms with van der Waals surface area (Å²) in [6.45, 7) is 2.59. The molecule has 0 radical (unpaired) electrons. The monoisotopic (exact) mass is 290 g/mol. The average Bonchev–Trinajstić information content (AvgIpc) is 2.37. The van der Waals surface area contributed by atoms with Gasteiger partial charge in [0, 0.05) is 22.9 Å². The van der Waals surface area contributed by atoms with E-state index in [-0.39, 0.29) is 11.0 Å². The van der Waals surface area contributed by atoms with Gasteiger partial charge in [0.2, 0.25) is 0 Å². The van der Waals surface area contributed by atoms with Crippen molar-refractivity contribution in [3.05, 3.63) is 40.2 Å². The molecule has 0 spiro atoms. The first kappa shape index (κ1) is 13.6. The molecule has 1 aliphatic rings. The third kappa shape index (κ3) is 2.44.